The molecule has 0 saturated carbocycles. The molecular formula is C21H15FN2O3S. The van der Waals surface area contributed by atoms with Crippen molar-refractivity contribution in [3.05, 3.63) is 90.7 Å². The number of oxazole rings is 1. The van der Waals surface area contributed by atoms with E-state index in [2.05, 4.69) is 9.71 Å². The normalized spacial score (nSPS) is 11.3. The predicted octanol–water partition coefficient (Wildman–Crippen LogP) is 4.95. The third-order valence-corrected chi connectivity index (χ3v) is 5.39. The zero-order valence-corrected chi connectivity index (χ0v) is 15.4. The van der Waals surface area contributed by atoms with Crippen LogP contribution >= 0.6 is 0 Å². The molecule has 140 valence electrons. The van der Waals surface area contributed by atoms with Gasteiger partial charge in [0.15, 0.2) is 11.6 Å². The van der Waals surface area contributed by atoms with Crippen molar-refractivity contribution in [1.82, 2.24) is 4.98 Å². The van der Waals surface area contributed by atoms with E-state index in [1.807, 2.05) is 18.2 Å². The molecule has 0 aliphatic heterocycles. The van der Waals surface area contributed by atoms with Gasteiger partial charge in [0, 0.05) is 11.1 Å². The molecule has 0 aliphatic rings. The van der Waals surface area contributed by atoms with Gasteiger partial charge in [0.1, 0.15) is 5.82 Å². The molecule has 1 heterocycles. The third-order valence-electron chi connectivity index (χ3n) is 4.04. The van der Waals surface area contributed by atoms with Gasteiger partial charge in [0.2, 0.25) is 5.89 Å². The number of hydrogen-bond acceptors (Lipinski definition) is 4. The maximum absolute atomic E-state index is 13.3. The van der Waals surface area contributed by atoms with Crippen LogP contribution in [0.3, 0.4) is 0 Å². The molecule has 5 nitrogen and oxygen atoms in total. The SMILES string of the molecule is O=S(=O)(Nc1nc(-c2ccccc2)oc1-c1ccc(F)cc1)c1ccccc1. The fourth-order valence-electron chi connectivity index (χ4n) is 2.68. The minimum atomic E-state index is -3.87. The second kappa shape index (κ2) is 7.28. The van der Waals surface area contributed by atoms with Crippen molar-refractivity contribution in [3.8, 4) is 22.8 Å². The van der Waals surface area contributed by atoms with Crippen molar-refractivity contribution < 1.29 is 17.2 Å². The Labute approximate surface area is 161 Å². The van der Waals surface area contributed by atoms with Gasteiger partial charge in [-0.05, 0) is 48.5 Å². The van der Waals surface area contributed by atoms with Crippen molar-refractivity contribution >= 4 is 15.8 Å². The minimum absolute atomic E-state index is 0.0364. The quantitative estimate of drug-likeness (QED) is 0.520. The van der Waals surface area contributed by atoms with Crippen LogP contribution in [0, 0.1) is 5.82 Å². The van der Waals surface area contributed by atoms with Crippen LogP contribution in [0.25, 0.3) is 22.8 Å². The molecule has 0 spiro atoms. The highest BCUT2D eigenvalue weighted by atomic mass is 32.2. The Morgan fingerprint density at radius 1 is 0.786 bits per heavy atom. The lowest BCUT2D eigenvalue weighted by Crippen LogP contribution is -2.13. The van der Waals surface area contributed by atoms with E-state index >= 15 is 0 Å². The van der Waals surface area contributed by atoms with Gasteiger partial charge in [-0.3, -0.25) is 4.72 Å². The highest BCUT2D eigenvalue weighted by molar-refractivity contribution is 7.92. The number of benzene rings is 3. The first-order chi connectivity index (χ1) is 13.5. The van der Waals surface area contributed by atoms with E-state index in [4.69, 9.17) is 4.42 Å². The summed E-state index contributed by atoms with van der Waals surface area (Å²) in [4.78, 5) is 4.44. The van der Waals surface area contributed by atoms with Crippen molar-refractivity contribution in [2.45, 2.75) is 4.90 Å². The first-order valence-corrected chi connectivity index (χ1v) is 9.91. The number of hydrogen-bond donors (Lipinski definition) is 1. The van der Waals surface area contributed by atoms with E-state index in [0.717, 1.165) is 0 Å². The average Bonchev–Trinajstić information content (AvgIpc) is 3.13. The van der Waals surface area contributed by atoms with Crippen LogP contribution in [0.5, 0.6) is 0 Å². The summed E-state index contributed by atoms with van der Waals surface area (Å²) in [6.45, 7) is 0. The Morgan fingerprint density at radius 2 is 1.39 bits per heavy atom. The minimum Gasteiger partial charge on any atom is -0.434 e. The summed E-state index contributed by atoms with van der Waals surface area (Å²) >= 11 is 0. The zero-order valence-electron chi connectivity index (χ0n) is 14.5. The number of sulfonamides is 1. The molecule has 7 heteroatoms. The first-order valence-electron chi connectivity index (χ1n) is 8.43. The molecule has 0 saturated heterocycles. The van der Waals surface area contributed by atoms with E-state index in [9.17, 15) is 12.8 Å². The molecule has 4 aromatic rings. The molecule has 4 rings (SSSR count). The summed E-state index contributed by atoms with van der Waals surface area (Å²) in [6.07, 6.45) is 0. The van der Waals surface area contributed by atoms with Crippen LogP contribution in [0.2, 0.25) is 0 Å². The number of nitrogens with zero attached hydrogens (tertiary/aromatic N) is 1. The standard InChI is InChI=1S/C21H15FN2O3S/c22-17-13-11-15(12-14-17)19-20(23-21(27-19)16-7-3-1-4-8-16)24-28(25,26)18-9-5-2-6-10-18/h1-14,24H. The fraction of sp³-hybridized carbons (Fsp3) is 0. The summed E-state index contributed by atoms with van der Waals surface area (Å²) in [5.41, 5.74) is 1.19. The molecule has 0 radical (unpaired) electrons. The van der Waals surface area contributed by atoms with Gasteiger partial charge in [-0.2, -0.15) is 4.98 Å². The second-order valence-electron chi connectivity index (χ2n) is 5.99. The van der Waals surface area contributed by atoms with E-state index in [1.54, 1.807) is 30.3 Å². The van der Waals surface area contributed by atoms with Gasteiger partial charge in [-0.1, -0.05) is 36.4 Å². The van der Waals surface area contributed by atoms with Crippen LogP contribution < -0.4 is 4.72 Å². The van der Waals surface area contributed by atoms with Gasteiger partial charge in [0.25, 0.3) is 10.0 Å². The fourth-order valence-corrected chi connectivity index (χ4v) is 3.70. The average molecular weight is 394 g/mol. The molecule has 1 aromatic heterocycles. The highest BCUT2D eigenvalue weighted by Gasteiger charge is 2.22. The Bertz CT molecular complexity index is 1190. The maximum Gasteiger partial charge on any atom is 0.263 e. The molecule has 0 aliphatic carbocycles. The van der Waals surface area contributed by atoms with Crippen molar-refractivity contribution in [1.29, 1.82) is 0 Å². The van der Waals surface area contributed by atoms with Gasteiger partial charge in [-0.15, -0.1) is 0 Å². The van der Waals surface area contributed by atoms with Crippen molar-refractivity contribution in [2.75, 3.05) is 4.72 Å². The summed E-state index contributed by atoms with van der Waals surface area (Å²) < 4.78 is 47.1. The summed E-state index contributed by atoms with van der Waals surface area (Å²) in [7, 11) is -3.87. The topological polar surface area (TPSA) is 72.2 Å². The van der Waals surface area contributed by atoms with E-state index in [0.29, 0.717) is 11.1 Å². The van der Waals surface area contributed by atoms with Crippen LogP contribution in [-0.4, -0.2) is 13.4 Å². The largest absolute Gasteiger partial charge is 0.434 e. The van der Waals surface area contributed by atoms with Crippen LogP contribution in [0.15, 0.2) is 94.2 Å². The monoisotopic (exact) mass is 394 g/mol. The molecule has 3 aromatic carbocycles. The molecule has 0 atom stereocenters. The van der Waals surface area contributed by atoms with Crippen LogP contribution in [0.1, 0.15) is 0 Å². The zero-order chi connectivity index (χ0) is 19.6. The van der Waals surface area contributed by atoms with E-state index in [-0.39, 0.29) is 22.4 Å². The Morgan fingerprint density at radius 3 is 2.04 bits per heavy atom. The Hall–Kier alpha value is -3.45. The molecule has 0 amide bonds. The van der Waals surface area contributed by atoms with E-state index in [1.165, 1.54) is 36.4 Å². The van der Waals surface area contributed by atoms with E-state index < -0.39 is 15.8 Å². The maximum atomic E-state index is 13.3. The lowest BCUT2D eigenvalue weighted by molar-refractivity contribution is 0.587. The Balaban J connectivity index is 1.81. The van der Waals surface area contributed by atoms with Crippen molar-refractivity contribution in [2.24, 2.45) is 0 Å². The Kier molecular flexibility index (Phi) is 4.67. The molecule has 28 heavy (non-hydrogen) atoms. The molecular weight excluding hydrogens is 379 g/mol. The number of aromatic nitrogens is 1. The smallest absolute Gasteiger partial charge is 0.263 e. The van der Waals surface area contributed by atoms with Gasteiger partial charge in [-0.25, -0.2) is 12.8 Å². The van der Waals surface area contributed by atoms with Crippen molar-refractivity contribution in [3.63, 3.8) is 0 Å². The molecule has 0 unspecified atom stereocenters. The van der Waals surface area contributed by atoms with Crippen LogP contribution in [-0.2, 0) is 10.0 Å². The third kappa shape index (κ3) is 3.65. The summed E-state index contributed by atoms with van der Waals surface area (Å²) in [6, 6.07) is 22.6. The van der Waals surface area contributed by atoms with Crippen LogP contribution in [0.4, 0.5) is 10.2 Å². The number of rotatable bonds is 5. The van der Waals surface area contributed by atoms with Gasteiger partial charge < -0.3 is 4.42 Å². The number of halogens is 1. The highest BCUT2D eigenvalue weighted by Crippen LogP contribution is 2.34. The predicted molar refractivity (Wildman–Crippen MR) is 105 cm³/mol. The molecule has 0 fully saturated rings. The number of anilines is 1. The second-order valence-corrected chi connectivity index (χ2v) is 7.67. The van der Waals surface area contributed by atoms with Gasteiger partial charge >= 0.3 is 0 Å². The molecule has 1 N–H and O–H groups in total. The lowest BCUT2D eigenvalue weighted by Gasteiger charge is -2.06. The molecule has 0 bridgehead atoms. The summed E-state index contributed by atoms with van der Waals surface area (Å²) in [5.74, 6) is 0.0938. The first kappa shape index (κ1) is 17.9. The summed E-state index contributed by atoms with van der Waals surface area (Å²) in [5, 5.41) is 0. The lowest BCUT2D eigenvalue weighted by atomic mass is 10.2. The van der Waals surface area contributed by atoms with Gasteiger partial charge in [0.05, 0.1) is 4.90 Å². The number of nitrogens with one attached hydrogen (secondary N) is 1.